The number of nitrogens with one attached hydrogen (secondary N) is 2. The number of amides is 1. The Hall–Kier alpha value is -1.15. The first kappa shape index (κ1) is 19.9. The monoisotopic (exact) mass is 361 g/mol. The molecule has 1 aromatic rings. The zero-order valence-corrected chi connectivity index (χ0v) is 15.5. The number of benzene rings is 1. The molecule has 1 fully saturated rings. The van der Waals surface area contributed by atoms with Gasteiger partial charge in [-0.2, -0.15) is 0 Å². The maximum absolute atomic E-state index is 12.3. The summed E-state index contributed by atoms with van der Waals surface area (Å²) in [6.45, 7) is 5.23. The van der Waals surface area contributed by atoms with Gasteiger partial charge in [-0.05, 0) is 50.1 Å². The predicted molar refractivity (Wildman–Crippen MR) is 93.6 cm³/mol. The van der Waals surface area contributed by atoms with Crippen molar-refractivity contribution in [2.24, 2.45) is 5.92 Å². The normalized spacial score (nSPS) is 17.9. The SMILES string of the molecule is Cc1cc(S(=O)(=O)N(C)C)cc(NC(=O)C2CCNC2)c1C.Cl. The summed E-state index contributed by atoms with van der Waals surface area (Å²) in [5.74, 6) is -0.124. The fourth-order valence-corrected chi connectivity index (χ4v) is 3.44. The Morgan fingerprint density at radius 2 is 1.96 bits per heavy atom. The minimum atomic E-state index is -3.52. The fraction of sp³-hybridized carbons (Fsp3) is 0.533. The van der Waals surface area contributed by atoms with Crippen molar-refractivity contribution in [3.8, 4) is 0 Å². The number of sulfonamides is 1. The van der Waals surface area contributed by atoms with Crippen molar-refractivity contribution in [2.45, 2.75) is 25.2 Å². The lowest BCUT2D eigenvalue weighted by Gasteiger charge is -2.17. The van der Waals surface area contributed by atoms with Crippen LogP contribution in [0.25, 0.3) is 0 Å². The number of aryl methyl sites for hydroxylation is 1. The summed E-state index contributed by atoms with van der Waals surface area (Å²) in [6, 6.07) is 3.18. The van der Waals surface area contributed by atoms with Gasteiger partial charge in [-0.25, -0.2) is 12.7 Å². The molecule has 0 spiro atoms. The van der Waals surface area contributed by atoms with E-state index in [0.29, 0.717) is 12.2 Å². The van der Waals surface area contributed by atoms with Crippen molar-refractivity contribution in [2.75, 3.05) is 32.5 Å². The predicted octanol–water partition coefficient (Wildman–Crippen LogP) is 1.52. The maximum Gasteiger partial charge on any atom is 0.242 e. The lowest BCUT2D eigenvalue weighted by Crippen LogP contribution is -2.26. The molecule has 8 heteroatoms. The van der Waals surface area contributed by atoms with E-state index in [4.69, 9.17) is 0 Å². The third kappa shape index (κ3) is 4.23. The molecule has 1 atom stereocenters. The first-order valence-electron chi connectivity index (χ1n) is 7.29. The van der Waals surface area contributed by atoms with Gasteiger partial charge in [0, 0.05) is 26.3 Å². The zero-order chi connectivity index (χ0) is 16.5. The highest BCUT2D eigenvalue weighted by atomic mass is 35.5. The van der Waals surface area contributed by atoms with Gasteiger partial charge < -0.3 is 10.6 Å². The number of anilines is 1. The molecule has 0 radical (unpaired) electrons. The summed E-state index contributed by atoms with van der Waals surface area (Å²) < 4.78 is 25.8. The highest BCUT2D eigenvalue weighted by Gasteiger charge is 2.24. The molecular weight excluding hydrogens is 338 g/mol. The molecule has 1 saturated heterocycles. The van der Waals surface area contributed by atoms with Gasteiger partial charge in [0.15, 0.2) is 0 Å². The van der Waals surface area contributed by atoms with E-state index in [2.05, 4.69) is 10.6 Å². The molecule has 0 aromatic heterocycles. The number of carbonyl (C=O) groups excluding carboxylic acids is 1. The van der Waals surface area contributed by atoms with Crippen LogP contribution in [0.5, 0.6) is 0 Å². The standard InChI is InChI=1S/C15H23N3O3S.ClH/c1-10-7-13(22(20,21)18(3)4)8-14(11(10)2)17-15(19)12-5-6-16-9-12;/h7-8,12,16H,5-6,9H2,1-4H3,(H,17,19);1H. The highest BCUT2D eigenvalue weighted by molar-refractivity contribution is 7.89. The molecule has 1 amide bonds. The Morgan fingerprint density at radius 3 is 2.48 bits per heavy atom. The van der Waals surface area contributed by atoms with Gasteiger partial charge in [-0.1, -0.05) is 0 Å². The van der Waals surface area contributed by atoms with E-state index < -0.39 is 10.0 Å². The smallest absolute Gasteiger partial charge is 0.242 e. The Kier molecular flexibility index (Phi) is 6.59. The molecule has 0 saturated carbocycles. The highest BCUT2D eigenvalue weighted by Crippen LogP contribution is 2.26. The third-order valence-electron chi connectivity index (χ3n) is 4.11. The van der Waals surface area contributed by atoms with Gasteiger partial charge in [0.1, 0.15) is 0 Å². The summed E-state index contributed by atoms with van der Waals surface area (Å²) in [7, 11) is -0.538. The van der Waals surface area contributed by atoms with Gasteiger partial charge in [0.25, 0.3) is 0 Å². The minimum Gasteiger partial charge on any atom is -0.326 e. The maximum atomic E-state index is 12.3. The summed E-state index contributed by atoms with van der Waals surface area (Å²) in [5, 5.41) is 6.03. The van der Waals surface area contributed by atoms with Gasteiger partial charge in [0.05, 0.1) is 10.8 Å². The number of nitrogens with zero attached hydrogens (tertiary/aromatic N) is 1. The minimum absolute atomic E-state index is 0. The van der Waals surface area contributed by atoms with Crippen LogP contribution in [0.3, 0.4) is 0 Å². The Labute approximate surface area is 144 Å². The van der Waals surface area contributed by atoms with Crippen LogP contribution in [-0.4, -0.2) is 45.8 Å². The largest absolute Gasteiger partial charge is 0.326 e. The quantitative estimate of drug-likeness (QED) is 0.852. The van der Waals surface area contributed by atoms with Gasteiger partial charge in [-0.15, -0.1) is 12.4 Å². The van der Waals surface area contributed by atoms with Crippen molar-refractivity contribution in [1.82, 2.24) is 9.62 Å². The number of hydrogen-bond acceptors (Lipinski definition) is 4. The lowest BCUT2D eigenvalue weighted by atomic mass is 10.1. The van der Waals surface area contributed by atoms with E-state index in [-0.39, 0.29) is 29.1 Å². The molecule has 0 aliphatic carbocycles. The topological polar surface area (TPSA) is 78.5 Å². The molecule has 130 valence electrons. The van der Waals surface area contributed by atoms with Gasteiger partial charge in [-0.3, -0.25) is 4.79 Å². The Balaban J connectivity index is 0.00000264. The summed E-state index contributed by atoms with van der Waals surface area (Å²) >= 11 is 0. The van der Waals surface area contributed by atoms with Crippen molar-refractivity contribution in [1.29, 1.82) is 0 Å². The average Bonchev–Trinajstić information content (AvgIpc) is 2.97. The van der Waals surface area contributed by atoms with Crippen LogP contribution in [0, 0.1) is 19.8 Å². The third-order valence-corrected chi connectivity index (χ3v) is 5.90. The van der Waals surface area contributed by atoms with Crippen molar-refractivity contribution in [3.05, 3.63) is 23.3 Å². The molecule has 1 unspecified atom stereocenters. The van der Waals surface area contributed by atoms with Crippen LogP contribution in [-0.2, 0) is 14.8 Å². The molecule has 2 rings (SSSR count). The second kappa shape index (κ2) is 7.61. The zero-order valence-electron chi connectivity index (χ0n) is 13.8. The summed E-state index contributed by atoms with van der Waals surface area (Å²) in [5.41, 5.74) is 2.29. The second-order valence-electron chi connectivity index (χ2n) is 5.88. The Morgan fingerprint density at radius 1 is 1.30 bits per heavy atom. The second-order valence-corrected chi connectivity index (χ2v) is 8.03. The van der Waals surface area contributed by atoms with E-state index >= 15 is 0 Å². The lowest BCUT2D eigenvalue weighted by molar-refractivity contribution is -0.119. The molecule has 1 aliphatic heterocycles. The van der Waals surface area contributed by atoms with Crippen LogP contribution in [0.15, 0.2) is 17.0 Å². The fourth-order valence-electron chi connectivity index (χ4n) is 2.43. The van der Waals surface area contributed by atoms with Crippen LogP contribution in [0.2, 0.25) is 0 Å². The number of hydrogen-bond donors (Lipinski definition) is 2. The van der Waals surface area contributed by atoms with Crippen LogP contribution < -0.4 is 10.6 Å². The van der Waals surface area contributed by atoms with Crippen molar-refractivity contribution in [3.63, 3.8) is 0 Å². The molecule has 0 bridgehead atoms. The average molecular weight is 362 g/mol. The van der Waals surface area contributed by atoms with Crippen LogP contribution >= 0.6 is 12.4 Å². The summed E-state index contributed by atoms with van der Waals surface area (Å²) in [6.07, 6.45) is 0.805. The molecular formula is C15H24ClN3O3S. The molecule has 1 aliphatic rings. The van der Waals surface area contributed by atoms with Crippen molar-refractivity contribution >= 4 is 34.0 Å². The number of halogens is 1. The van der Waals surface area contributed by atoms with Crippen molar-refractivity contribution < 1.29 is 13.2 Å². The molecule has 2 N–H and O–H groups in total. The first-order valence-corrected chi connectivity index (χ1v) is 8.73. The summed E-state index contributed by atoms with van der Waals surface area (Å²) in [4.78, 5) is 12.5. The molecule has 1 aromatic carbocycles. The Bertz CT molecular complexity index is 683. The number of rotatable bonds is 4. The van der Waals surface area contributed by atoms with Gasteiger partial charge in [0.2, 0.25) is 15.9 Å². The van der Waals surface area contributed by atoms with Gasteiger partial charge >= 0.3 is 0 Å². The van der Waals surface area contributed by atoms with E-state index in [1.54, 1.807) is 6.07 Å². The number of carbonyl (C=O) groups is 1. The molecule has 23 heavy (non-hydrogen) atoms. The van der Waals surface area contributed by atoms with Crippen LogP contribution in [0.1, 0.15) is 17.5 Å². The molecule has 6 nitrogen and oxygen atoms in total. The first-order chi connectivity index (χ1) is 10.2. The van der Waals surface area contributed by atoms with Crippen LogP contribution in [0.4, 0.5) is 5.69 Å². The van der Waals surface area contributed by atoms with E-state index in [1.165, 1.54) is 24.5 Å². The van der Waals surface area contributed by atoms with E-state index in [1.807, 2.05) is 13.8 Å². The van der Waals surface area contributed by atoms with E-state index in [9.17, 15) is 13.2 Å². The van der Waals surface area contributed by atoms with E-state index in [0.717, 1.165) is 24.1 Å². The molecule has 1 heterocycles.